The number of rotatable bonds is 5. The summed E-state index contributed by atoms with van der Waals surface area (Å²) < 4.78 is 2.21. The molecule has 94 valence electrons. The Kier molecular flexibility index (Phi) is 3.00. The number of aromatic nitrogens is 3. The number of anilines is 1. The van der Waals surface area contributed by atoms with E-state index in [0.29, 0.717) is 6.04 Å². The Morgan fingerprint density at radius 2 is 2.33 bits per heavy atom. The maximum absolute atomic E-state index is 4.54. The lowest BCUT2D eigenvalue weighted by Crippen LogP contribution is -2.10. The molecule has 1 N–H and O–H groups in total. The molecule has 18 heavy (non-hydrogen) atoms. The Labute approximate surface area is 107 Å². The van der Waals surface area contributed by atoms with Crippen LogP contribution in [0.1, 0.15) is 24.1 Å². The van der Waals surface area contributed by atoms with Crippen LogP contribution in [0.5, 0.6) is 0 Å². The summed E-state index contributed by atoms with van der Waals surface area (Å²) in [6, 6.07) is 4.74. The summed E-state index contributed by atoms with van der Waals surface area (Å²) in [5.41, 5.74) is 2.34. The Hall–Kier alpha value is -1.84. The lowest BCUT2D eigenvalue weighted by Gasteiger charge is -2.08. The van der Waals surface area contributed by atoms with E-state index in [1.165, 1.54) is 18.4 Å². The first kappa shape index (κ1) is 11.3. The summed E-state index contributed by atoms with van der Waals surface area (Å²) in [5, 5.41) is 3.48. The first-order valence-electron chi connectivity index (χ1n) is 6.50. The molecule has 0 atom stereocenters. The second kappa shape index (κ2) is 4.80. The molecular weight excluding hydrogens is 224 g/mol. The van der Waals surface area contributed by atoms with Gasteiger partial charge in [0, 0.05) is 31.2 Å². The summed E-state index contributed by atoms with van der Waals surface area (Å²) in [4.78, 5) is 8.68. The minimum absolute atomic E-state index is 0.643. The molecule has 1 saturated carbocycles. The largest absolute Gasteiger partial charge is 0.353 e. The van der Waals surface area contributed by atoms with Gasteiger partial charge in [0.1, 0.15) is 0 Å². The molecule has 2 heterocycles. The highest BCUT2D eigenvalue weighted by atomic mass is 15.2. The van der Waals surface area contributed by atoms with Crippen LogP contribution in [0.3, 0.4) is 0 Å². The zero-order chi connectivity index (χ0) is 12.4. The van der Waals surface area contributed by atoms with Gasteiger partial charge in [0.05, 0.1) is 5.69 Å². The number of nitrogens with zero attached hydrogens (tertiary/aromatic N) is 3. The van der Waals surface area contributed by atoms with Gasteiger partial charge in [-0.25, -0.2) is 4.98 Å². The molecule has 4 heteroatoms. The van der Waals surface area contributed by atoms with Gasteiger partial charge < -0.3 is 9.88 Å². The van der Waals surface area contributed by atoms with Crippen molar-refractivity contribution in [3.05, 3.63) is 42.0 Å². The molecule has 0 spiro atoms. The van der Waals surface area contributed by atoms with E-state index in [0.717, 1.165) is 24.6 Å². The van der Waals surface area contributed by atoms with E-state index in [-0.39, 0.29) is 0 Å². The summed E-state index contributed by atoms with van der Waals surface area (Å²) in [5.74, 6) is 1.01. The Morgan fingerprint density at radius 1 is 1.44 bits per heavy atom. The predicted octanol–water partition coefficient (Wildman–Crippen LogP) is 2.40. The molecule has 0 aromatic carbocycles. The van der Waals surface area contributed by atoms with Crippen molar-refractivity contribution in [3.63, 3.8) is 0 Å². The van der Waals surface area contributed by atoms with Crippen LogP contribution in [0.2, 0.25) is 0 Å². The van der Waals surface area contributed by atoms with Crippen LogP contribution in [0.15, 0.2) is 30.7 Å². The molecule has 3 rings (SSSR count). The average Bonchev–Trinajstić information content (AvgIpc) is 3.12. The first-order chi connectivity index (χ1) is 8.81. The SMILES string of the molecule is Cc1cn(CCc2cccnc2)c(NC2CC2)n1. The monoisotopic (exact) mass is 242 g/mol. The summed E-state index contributed by atoms with van der Waals surface area (Å²) in [6.07, 6.45) is 9.38. The lowest BCUT2D eigenvalue weighted by atomic mass is 10.2. The van der Waals surface area contributed by atoms with Gasteiger partial charge >= 0.3 is 0 Å². The third-order valence-corrected chi connectivity index (χ3v) is 3.17. The first-order valence-corrected chi connectivity index (χ1v) is 6.50. The molecule has 1 aliphatic carbocycles. The van der Waals surface area contributed by atoms with E-state index in [9.17, 15) is 0 Å². The van der Waals surface area contributed by atoms with E-state index >= 15 is 0 Å². The van der Waals surface area contributed by atoms with Crippen molar-refractivity contribution in [1.82, 2.24) is 14.5 Å². The van der Waals surface area contributed by atoms with E-state index in [1.54, 1.807) is 0 Å². The number of nitrogens with one attached hydrogen (secondary N) is 1. The van der Waals surface area contributed by atoms with E-state index in [2.05, 4.69) is 32.1 Å². The van der Waals surface area contributed by atoms with Gasteiger partial charge in [0.2, 0.25) is 5.95 Å². The zero-order valence-corrected chi connectivity index (χ0v) is 10.6. The van der Waals surface area contributed by atoms with E-state index in [1.807, 2.05) is 25.4 Å². The maximum atomic E-state index is 4.54. The Bertz CT molecular complexity index is 514. The highest BCUT2D eigenvalue weighted by Crippen LogP contribution is 2.24. The van der Waals surface area contributed by atoms with Crippen molar-refractivity contribution >= 4 is 5.95 Å². The minimum Gasteiger partial charge on any atom is -0.353 e. The summed E-state index contributed by atoms with van der Waals surface area (Å²) >= 11 is 0. The normalized spacial score (nSPS) is 14.7. The van der Waals surface area contributed by atoms with Crippen molar-refractivity contribution < 1.29 is 0 Å². The molecule has 0 bridgehead atoms. The molecule has 0 saturated heterocycles. The van der Waals surface area contributed by atoms with Crippen molar-refractivity contribution in [2.45, 2.75) is 38.8 Å². The molecular formula is C14H18N4. The molecule has 1 aliphatic rings. The number of hydrogen-bond donors (Lipinski definition) is 1. The van der Waals surface area contributed by atoms with Crippen molar-refractivity contribution in [1.29, 1.82) is 0 Å². The van der Waals surface area contributed by atoms with Crippen LogP contribution in [0.25, 0.3) is 0 Å². The summed E-state index contributed by atoms with van der Waals surface area (Å²) in [7, 11) is 0. The molecule has 4 nitrogen and oxygen atoms in total. The average molecular weight is 242 g/mol. The van der Waals surface area contributed by atoms with Crippen LogP contribution >= 0.6 is 0 Å². The maximum Gasteiger partial charge on any atom is 0.203 e. The predicted molar refractivity (Wildman–Crippen MR) is 71.5 cm³/mol. The van der Waals surface area contributed by atoms with Gasteiger partial charge in [-0.3, -0.25) is 4.98 Å². The standard InChI is InChI=1S/C14H18N4/c1-11-10-18(14(16-11)17-13-4-5-13)8-6-12-3-2-7-15-9-12/h2-3,7,9-10,13H,4-6,8H2,1H3,(H,16,17). The fourth-order valence-electron chi connectivity index (χ4n) is 2.04. The van der Waals surface area contributed by atoms with E-state index in [4.69, 9.17) is 0 Å². The summed E-state index contributed by atoms with van der Waals surface area (Å²) in [6.45, 7) is 2.99. The molecule has 0 unspecified atom stereocenters. The second-order valence-electron chi connectivity index (χ2n) is 4.93. The van der Waals surface area contributed by atoms with Crippen LogP contribution in [0, 0.1) is 6.92 Å². The van der Waals surface area contributed by atoms with Crippen LogP contribution in [-0.2, 0) is 13.0 Å². The minimum atomic E-state index is 0.643. The number of imidazole rings is 1. The second-order valence-corrected chi connectivity index (χ2v) is 4.93. The topological polar surface area (TPSA) is 42.7 Å². The number of hydrogen-bond acceptors (Lipinski definition) is 3. The van der Waals surface area contributed by atoms with Gasteiger partial charge in [-0.05, 0) is 37.8 Å². The van der Waals surface area contributed by atoms with Crippen LogP contribution < -0.4 is 5.32 Å². The van der Waals surface area contributed by atoms with Gasteiger partial charge in [-0.1, -0.05) is 6.07 Å². The molecule has 2 aromatic heterocycles. The smallest absolute Gasteiger partial charge is 0.203 e. The number of aryl methyl sites for hydroxylation is 3. The van der Waals surface area contributed by atoms with Crippen LogP contribution in [-0.4, -0.2) is 20.6 Å². The third-order valence-electron chi connectivity index (χ3n) is 3.17. The van der Waals surface area contributed by atoms with Gasteiger partial charge in [0.25, 0.3) is 0 Å². The fourth-order valence-corrected chi connectivity index (χ4v) is 2.04. The molecule has 2 aromatic rings. The zero-order valence-electron chi connectivity index (χ0n) is 10.6. The lowest BCUT2D eigenvalue weighted by molar-refractivity contribution is 0.697. The molecule has 0 radical (unpaired) electrons. The molecule has 0 amide bonds. The quantitative estimate of drug-likeness (QED) is 0.875. The Morgan fingerprint density at radius 3 is 3.06 bits per heavy atom. The number of pyridine rings is 1. The van der Waals surface area contributed by atoms with E-state index < -0.39 is 0 Å². The van der Waals surface area contributed by atoms with Crippen LogP contribution in [0.4, 0.5) is 5.95 Å². The molecule has 1 fully saturated rings. The van der Waals surface area contributed by atoms with Crippen molar-refractivity contribution in [3.8, 4) is 0 Å². The van der Waals surface area contributed by atoms with Crippen molar-refractivity contribution in [2.75, 3.05) is 5.32 Å². The van der Waals surface area contributed by atoms with Gasteiger partial charge in [-0.15, -0.1) is 0 Å². The highest BCUT2D eigenvalue weighted by molar-refractivity contribution is 5.32. The Balaban J connectivity index is 1.67. The van der Waals surface area contributed by atoms with Gasteiger partial charge in [0.15, 0.2) is 0 Å². The molecule has 0 aliphatic heterocycles. The third kappa shape index (κ3) is 2.70. The highest BCUT2D eigenvalue weighted by Gasteiger charge is 2.22. The van der Waals surface area contributed by atoms with Gasteiger partial charge in [-0.2, -0.15) is 0 Å². The fraction of sp³-hybridized carbons (Fsp3) is 0.429. The van der Waals surface area contributed by atoms with Crippen molar-refractivity contribution in [2.24, 2.45) is 0 Å².